The van der Waals surface area contributed by atoms with Crippen LogP contribution in [0.15, 0.2) is 218 Å². The summed E-state index contributed by atoms with van der Waals surface area (Å²) >= 11 is 0. The molecule has 9 aromatic carbocycles. The largest absolute Gasteiger partial charge is 0.310 e. The van der Waals surface area contributed by atoms with Gasteiger partial charge in [0.15, 0.2) is 0 Å². The maximum absolute atomic E-state index is 5.35. The second kappa shape index (κ2) is 14.9. The lowest BCUT2D eigenvalue weighted by atomic mass is 9.80. The molecule has 2 heteroatoms. The van der Waals surface area contributed by atoms with Gasteiger partial charge in [-0.3, -0.25) is 0 Å². The van der Waals surface area contributed by atoms with Gasteiger partial charge in [-0.1, -0.05) is 191 Å². The number of pyridine rings is 1. The lowest BCUT2D eigenvalue weighted by molar-refractivity contribution is 0.660. The Balaban J connectivity index is 0.973. The first-order valence-corrected chi connectivity index (χ1v) is 22.8. The summed E-state index contributed by atoms with van der Waals surface area (Å²) < 4.78 is 0. The Labute approximate surface area is 382 Å². The Morgan fingerprint density at radius 1 is 0.338 bits per heavy atom. The minimum atomic E-state index is -0.321. The van der Waals surface area contributed by atoms with E-state index in [4.69, 9.17) is 4.98 Å². The van der Waals surface area contributed by atoms with Crippen LogP contribution in [-0.4, -0.2) is 4.98 Å². The smallest absolute Gasteiger partial charge is 0.0788 e. The van der Waals surface area contributed by atoms with Crippen molar-refractivity contribution in [3.8, 4) is 66.9 Å². The highest BCUT2D eigenvalue weighted by Crippen LogP contribution is 2.56. The number of hydrogen-bond acceptors (Lipinski definition) is 2. The molecule has 2 aliphatic carbocycles. The van der Waals surface area contributed by atoms with E-state index in [9.17, 15) is 0 Å². The zero-order valence-corrected chi connectivity index (χ0v) is 37.2. The van der Waals surface area contributed by atoms with Crippen molar-refractivity contribution in [2.75, 3.05) is 4.90 Å². The third-order valence-electron chi connectivity index (χ3n) is 14.2. The van der Waals surface area contributed by atoms with E-state index in [0.717, 1.165) is 44.7 Å². The summed E-state index contributed by atoms with van der Waals surface area (Å²) in [6.45, 7) is 9.49. The molecule has 0 radical (unpaired) electrons. The van der Waals surface area contributed by atoms with Gasteiger partial charge in [0.05, 0.1) is 16.9 Å². The van der Waals surface area contributed by atoms with Gasteiger partial charge in [0.25, 0.3) is 0 Å². The molecule has 2 aliphatic rings. The standard InChI is InChI=1S/C63H48N2/c1-62(2)55-23-13-12-21-50(55)51-36-30-45(39-56(51)62)43-28-34-49(35-29-43)65(48-32-26-42(27-33-48)41-16-7-5-8-17-41)59-25-15-22-53-52-37-31-47(40-57(52)63(3,4)60(53)59)61-54(44-18-9-6-10-19-44)38-46-20-11-14-24-58(46)64-61/h5-40H,1-4H3. The Morgan fingerprint density at radius 2 is 0.846 bits per heavy atom. The van der Waals surface area contributed by atoms with E-state index in [2.05, 4.69) is 251 Å². The summed E-state index contributed by atoms with van der Waals surface area (Å²) in [5.41, 5.74) is 23.9. The number of nitrogens with zero attached hydrogens (tertiary/aromatic N) is 2. The summed E-state index contributed by atoms with van der Waals surface area (Å²) in [7, 11) is 0. The molecule has 0 spiro atoms. The van der Waals surface area contributed by atoms with E-state index in [1.807, 2.05) is 0 Å². The maximum Gasteiger partial charge on any atom is 0.0788 e. The monoisotopic (exact) mass is 832 g/mol. The van der Waals surface area contributed by atoms with E-state index in [1.54, 1.807) is 0 Å². The number of anilines is 3. The molecule has 0 saturated carbocycles. The number of para-hydroxylation sites is 1. The fraction of sp³-hybridized carbons (Fsp3) is 0.0952. The van der Waals surface area contributed by atoms with Crippen LogP contribution in [0.2, 0.25) is 0 Å². The van der Waals surface area contributed by atoms with Gasteiger partial charge in [-0.05, 0) is 127 Å². The fourth-order valence-corrected chi connectivity index (χ4v) is 10.9. The van der Waals surface area contributed by atoms with Crippen molar-refractivity contribution in [2.45, 2.75) is 38.5 Å². The van der Waals surface area contributed by atoms with Gasteiger partial charge in [0.2, 0.25) is 0 Å². The number of aromatic nitrogens is 1. The summed E-state index contributed by atoms with van der Waals surface area (Å²) in [6, 6.07) is 80.1. The third-order valence-corrected chi connectivity index (χ3v) is 14.2. The van der Waals surface area contributed by atoms with Gasteiger partial charge in [-0.15, -0.1) is 0 Å². The second-order valence-corrected chi connectivity index (χ2v) is 18.8. The third kappa shape index (κ3) is 6.27. The molecule has 0 unspecified atom stereocenters. The highest BCUT2D eigenvalue weighted by Gasteiger charge is 2.40. The fourth-order valence-electron chi connectivity index (χ4n) is 10.9. The van der Waals surface area contributed by atoms with Crippen molar-refractivity contribution in [2.24, 2.45) is 0 Å². The molecule has 310 valence electrons. The Hall–Kier alpha value is -7.81. The Kier molecular flexibility index (Phi) is 8.90. The van der Waals surface area contributed by atoms with Crippen LogP contribution >= 0.6 is 0 Å². The average molecular weight is 833 g/mol. The van der Waals surface area contributed by atoms with Crippen LogP contribution in [0.1, 0.15) is 49.9 Å². The van der Waals surface area contributed by atoms with Crippen LogP contribution in [0.3, 0.4) is 0 Å². The highest BCUT2D eigenvalue weighted by molar-refractivity contribution is 5.95. The van der Waals surface area contributed by atoms with Crippen molar-refractivity contribution in [1.82, 2.24) is 4.98 Å². The molecule has 12 rings (SSSR count). The quantitative estimate of drug-likeness (QED) is 0.159. The summed E-state index contributed by atoms with van der Waals surface area (Å²) in [5, 5.41) is 1.14. The summed E-state index contributed by atoms with van der Waals surface area (Å²) in [4.78, 5) is 7.82. The molecular formula is C63H48N2. The number of hydrogen-bond donors (Lipinski definition) is 0. The minimum Gasteiger partial charge on any atom is -0.310 e. The van der Waals surface area contributed by atoms with E-state index < -0.39 is 0 Å². The molecule has 0 aliphatic heterocycles. The van der Waals surface area contributed by atoms with E-state index in [-0.39, 0.29) is 10.8 Å². The normalized spacial score (nSPS) is 13.8. The number of rotatable bonds is 7. The van der Waals surface area contributed by atoms with Crippen LogP contribution in [0.5, 0.6) is 0 Å². The van der Waals surface area contributed by atoms with Crippen LogP contribution in [0.4, 0.5) is 17.1 Å². The molecule has 0 bridgehead atoms. The van der Waals surface area contributed by atoms with Crippen molar-refractivity contribution < 1.29 is 0 Å². The molecule has 65 heavy (non-hydrogen) atoms. The van der Waals surface area contributed by atoms with Crippen molar-refractivity contribution in [3.05, 3.63) is 241 Å². The molecule has 1 aromatic heterocycles. The molecule has 10 aromatic rings. The van der Waals surface area contributed by atoms with Gasteiger partial charge in [0, 0.05) is 38.7 Å². The first kappa shape index (κ1) is 38.8. The first-order chi connectivity index (χ1) is 31.7. The maximum atomic E-state index is 5.35. The highest BCUT2D eigenvalue weighted by atomic mass is 15.1. The zero-order chi connectivity index (χ0) is 43.9. The lowest BCUT2D eigenvalue weighted by Crippen LogP contribution is -2.20. The Bertz CT molecular complexity index is 3450. The summed E-state index contributed by atoms with van der Waals surface area (Å²) in [6.07, 6.45) is 0. The molecule has 0 saturated heterocycles. The Morgan fingerprint density at radius 3 is 1.57 bits per heavy atom. The molecular weight excluding hydrogens is 785 g/mol. The van der Waals surface area contributed by atoms with Gasteiger partial charge in [0.1, 0.15) is 0 Å². The van der Waals surface area contributed by atoms with Crippen molar-refractivity contribution in [1.29, 1.82) is 0 Å². The minimum absolute atomic E-state index is 0.0560. The van der Waals surface area contributed by atoms with E-state index in [1.165, 1.54) is 72.4 Å². The molecule has 0 amide bonds. The van der Waals surface area contributed by atoms with Gasteiger partial charge in [-0.2, -0.15) is 0 Å². The van der Waals surface area contributed by atoms with Gasteiger partial charge in [-0.25, -0.2) is 4.98 Å². The van der Waals surface area contributed by atoms with Crippen LogP contribution in [-0.2, 0) is 10.8 Å². The topological polar surface area (TPSA) is 16.1 Å². The van der Waals surface area contributed by atoms with Gasteiger partial charge < -0.3 is 4.90 Å². The molecule has 0 fully saturated rings. The molecule has 1 heterocycles. The average Bonchev–Trinajstić information content (AvgIpc) is 3.73. The second-order valence-electron chi connectivity index (χ2n) is 18.8. The molecule has 2 nitrogen and oxygen atoms in total. The predicted molar refractivity (Wildman–Crippen MR) is 273 cm³/mol. The summed E-state index contributed by atoms with van der Waals surface area (Å²) in [5.74, 6) is 0. The van der Waals surface area contributed by atoms with E-state index in [0.29, 0.717) is 0 Å². The number of benzene rings is 9. The molecule has 0 N–H and O–H groups in total. The van der Waals surface area contributed by atoms with Crippen molar-refractivity contribution in [3.63, 3.8) is 0 Å². The predicted octanol–water partition coefficient (Wildman–Crippen LogP) is 17.0. The van der Waals surface area contributed by atoms with E-state index >= 15 is 0 Å². The first-order valence-electron chi connectivity index (χ1n) is 22.8. The SMILES string of the molecule is CC1(C)c2ccccc2-c2ccc(-c3ccc(N(c4ccc(-c5ccccc5)cc4)c4cccc5c4C(C)(C)c4cc(-c6nc7ccccc7cc6-c6ccccc6)ccc4-5)cc3)cc21. The molecule has 0 atom stereocenters. The number of fused-ring (bicyclic) bond motifs is 7. The van der Waals surface area contributed by atoms with Crippen LogP contribution in [0, 0.1) is 0 Å². The van der Waals surface area contributed by atoms with Crippen LogP contribution < -0.4 is 4.90 Å². The lowest BCUT2D eigenvalue weighted by Gasteiger charge is -2.32. The van der Waals surface area contributed by atoms with Crippen molar-refractivity contribution >= 4 is 28.0 Å². The van der Waals surface area contributed by atoms with Gasteiger partial charge >= 0.3 is 0 Å². The zero-order valence-electron chi connectivity index (χ0n) is 37.2. The van der Waals surface area contributed by atoms with Crippen LogP contribution in [0.25, 0.3) is 77.8 Å².